The summed E-state index contributed by atoms with van der Waals surface area (Å²) in [5.74, 6) is 0. The lowest BCUT2D eigenvalue weighted by Crippen LogP contribution is -2.30. The first-order valence-electron chi connectivity index (χ1n) is 5.10. The summed E-state index contributed by atoms with van der Waals surface area (Å²) in [6, 6.07) is 7.09. The number of benzene rings is 1. The molecule has 0 atom stereocenters. The summed E-state index contributed by atoms with van der Waals surface area (Å²) in [5.41, 5.74) is 0.110. The summed E-state index contributed by atoms with van der Waals surface area (Å²) >= 11 is 5.93. The average molecular weight is 262 g/mol. The Morgan fingerprint density at radius 2 is 1.94 bits per heavy atom. The molecule has 0 radical (unpaired) electrons. The van der Waals surface area contributed by atoms with Crippen molar-refractivity contribution >= 4 is 18.6 Å². The van der Waals surface area contributed by atoms with E-state index in [9.17, 15) is 12.9 Å². The van der Waals surface area contributed by atoms with Crippen LogP contribution in [0.1, 0.15) is 5.56 Å². The number of likely N-dealkylation sites (N-methyl/N-ethyl adjacent to an activating group) is 1. The Hall–Kier alpha value is -0.935. The van der Waals surface area contributed by atoms with Crippen molar-refractivity contribution in [3.63, 3.8) is 0 Å². The van der Waals surface area contributed by atoms with Gasteiger partial charge in [-0.15, -0.1) is 12.1 Å². The molecule has 0 fully saturated rings. The highest BCUT2D eigenvalue weighted by atomic mass is 35.5. The van der Waals surface area contributed by atoms with E-state index in [0.717, 1.165) is 5.56 Å². The first-order chi connectivity index (χ1) is 7.80. The lowest BCUT2D eigenvalue weighted by Gasteiger charge is -2.24. The molecule has 0 amide bonds. The predicted molar refractivity (Wildman–Crippen MR) is 66.0 cm³/mol. The Bertz CT molecular complexity index is 406. The molecular weight excluding hydrogens is 249 g/mol. The first-order valence-corrected chi connectivity index (χ1v) is 5.48. The second-order valence-electron chi connectivity index (χ2n) is 4.00. The van der Waals surface area contributed by atoms with Crippen LogP contribution in [-0.4, -0.2) is 25.5 Å². The third kappa shape index (κ3) is 4.44. The summed E-state index contributed by atoms with van der Waals surface area (Å²) < 4.78 is 37.0. The van der Waals surface area contributed by atoms with Crippen LogP contribution >= 0.6 is 11.6 Å². The highest BCUT2D eigenvalue weighted by molar-refractivity contribution is 6.66. The van der Waals surface area contributed by atoms with Crippen LogP contribution in [0.5, 0.6) is 0 Å². The van der Waals surface area contributed by atoms with Crippen LogP contribution in [0.25, 0.3) is 0 Å². The summed E-state index contributed by atoms with van der Waals surface area (Å²) in [6.45, 7) is -1.74. The van der Waals surface area contributed by atoms with Gasteiger partial charge in [0, 0.05) is 11.6 Å². The molecule has 0 aliphatic heterocycles. The van der Waals surface area contributed by atoms with Crippen molar-refractivity contribution in [2.75, 3.05) is 13.6 Å². The van der Waals surface area contributed by atoms with Gasteiger partial charge in [0.15, 0.2) is 0 Å². The van der Waals surface area contributed by atoms with Crippen LogP contribution in [0.15, 0.2) is 36.3 Å². The summed E-state index contributed by atoms with van der Waals surface area (Å²) in [5, 5.41) is 0.558. The molecule has 6 heteroatoms. The fourth-order valence-electron chi connectivity index (χ4n) is 1.42. The van der Waals surface area contributed by atoms with Crippen molar-refractivity contribution in [1.82, 2.24) is 4.90 Å². The number of rotatable bonds is 5. The zero-order valence-corrected chi connectivity index (χ0v) is 10.2. The molecule has 0 unspecified atom stereocenters. The maximum atomic E-state index is 12.3. The molecule has 0 spiro atoms. The van der Waals surface area contributed by atoms with Gasteiger partial charge in [0.2, 0.25) is 0 Å². The van der Waals surface area contributed by atoms with E-state index in [2.05, 4.69) is 6.58 Å². The normalized spacial score (nSPS) is 11.9. The van der Waals surface area contributed by atoms with Gasteiger partial charge in [-0.05, 0) is 25.2 Å². The largest absolute Gasteiger partial charge is 0.506 e. The smallest absolute Gasteiger partial charge is 0.445 e. The van der Waals surface area contributed by atoms with Crippen molar-refractivity contribution < 1.29 is 12.9 Å². The molecule has 0 bridgehead atoms. The number of hydrogen-bond acceptors (Lipinski definition) is 1. The number of nitrogens with zero attached hydrogens (tertiary/aromatic N) is 1. The fraction of sp³-hybridized carbons (Fsp3) is 0.273. The Balaban J connectivity index is 2.59. The first kappa shape index (κ1) is 14.1. The van der Waals surface area contributed by atoms with Gasteiger partial charge >= 0.3 is 6.98 Å². The van der Waals surface area contributed by atoms with E-state index in [1.807, 2.05) is 0 Å². The Morgan fingerprint density at radius 3 is 2.47 bits per heavy atom. The molecule has 94 valence electrons. The maximum absolute atomic E-state index is 12.3. The summed E-state index contributed by atoms with van der Waals surface area (Å²) in [6.07, 6.45) is 0. The van der Waals surface area contributed by atoms with Crippen molar-refractivity contribution in [3.8, 4) is 0 Å². The lowest BCUT2D eigenvalue weighted by atomic mass is 9.80. The van der Waals surface area contributed by atoms with Crippen molar-refractivity contribution in [3.05, 3.63) is 46.9 Å². The van der Waals surface area contributed by atoms with E-state index in [-0.39, 0.29) is 6.54 Å². The van der Waals surface area contributed by atoms with Gasteiger partial charge < -0.3 is 17.8 Å². The second-order valence-corrected chi connectivity index (χ2v) is 4.40. The van der Waals surface area contributed by atoms with E-state index in [1.54, 1.807) is 36.2 Å². The average Bonchev–Trinajstić information content (AvgIpc) is 2.20. The molecule has 1 aromatic rings. The van der Waals surface area contributed by atoms with Crippen LogP contribution in [-0.2, 0) is 6.54 Å². The van der Waals surface area contributed by atoms with E-state index in [0.29, 0.717) is 11.6 Å². The van der Waals surface area contributed by atoms with Gasteiger partial charge in [0.05, 0.1) is 0 Å². The van der Waals surface area contributed by atoms with E-state index >= 15 is 0 Å². The standard InChI is InChI=1S/C11H13BClF3N/c1-9(12(14,15)16)7-17(2)8-10-5-3-4-6-11(10)13/h3-6H,1,7-8H2,2H3/q-1. The molecule has 1 aromatic carbocycles. The van der Waals surface area contributed by atoms with E-state index in [1.165, 1.54) is 0 Å². The molecule has 1 nitrogen and oxygen atoms in total. The molecule has 0 aromatic heterocycles. The van der Waals surface area contributed by atoms with Gasteiger partial charge in [0.25, 0.3) is 0 Å². The van der Waals surface area contributed by atoms with Crippen LogP contribution < -0.4 is 0 Å². The van der Waals surface area contributed by atoms with Gasteiger partial charge in [0.1, 0.15) is 0 Å². The SMILES string of the molecule is C=C(CN(C)Cc1ccccc1Cl)[B-](F)(F)F. The van der Waals surface area contributed by atoms with Gasteiger partial charge in [-0.2, -0.15) is 0 Å². The molecule has 0 aliphatic carbocycles. The quantitative estimate of drug-likeness (QED) is 0.731. The summed E-state index contributed by atoms with van der Waals surface area (Å²) in [4.78, 5) is 1.54. The van der Waals surface area contributed by atoms with E-state index < -0.39 is 12.4 Å². The Morgan fingerprint density at radius 1 is 1.35 bits per heavy atom. The molecule has 0 saturated carbocycles. The van der Waals surface area contributed by atoms with Gasteiger partial charge in [-0.25, -0.2) is 0 Å². The number of halogens is 4. The van der Waals surface area contributed by atoms with Crippen molar-refractivity contribution in [1.29, 1.82) is 0 Å². The molecule has 0 saturated heterocycles. The monoisotopic (exact) mass is 262 g/mol. The van der Waals surface area contributed by atoms with Gasteiger partial charge in [-0.3, -0.25) is 0 Å². The zero-order chi connectivity index (χ0) is 13.1. The van der Waals surface area contributed by atoms with Gasteiger partial charge in [-0.1, -0.05) is 29.8 Å². The minimum atomic E-state index is -4.96. The fourth-order valence-corrected chi connectivity index (χ4v) is 1.62. The number of hydrogen-bond donors (Lipinski definition) is 0. The minimum Gasteiger partial charge on any atom is -0.445 e. The highest BCUT2D eigenvalue weighted by Gasteiger charge is 2.27. The second kappa shape index (κ2) is 5.60. The minimum absolute atomic E-state index is 0.200. The third-order valence-corrected chi connectivity index (χ3v) is 2.70. The van der Waals surface area contributed by atoms with Crippen LogP contribution in [0.2, 0.25) is 5.02 Å². The van der Waals surface area contributed by atoms with Crippen molar-refractivity contribution in [2.24, 2.45) is 0 Å². The topological polar surface area (TPSA) is 3.24 Å². The van der Waals surface area contributed by atoms with Crippen LogP contribution in [0.3, 0.4) is 0 Å². The third-order valence-electron chi connectivity index (χ3n) is 2.33. The zero-order valence-electron chi connectivity index (χ0n) is 9.47. The highest BCUT2D eigenvalue weighted by Crippen LogP contribution is 2.21. The van der Waals surface area contributed by atoms with E-state index in [4.69, 9.17) is 11.6 Å². The maximum Gasteiger partial charge on any atom is 0.506 e. The molecule has 0 aliphatic rings. The molecule has 0 heterocycles. The van der Waals surface area contributed by atoms with Crippen molar-refractivity contribution in [2.45, 2.75) is 6.54 Å². The molecular formula is C11H13BClF3N-. The lowest BCUT2D eigenvalue weighted by molar-refractivity contribution is 0.350. The van der Waals surface area contributed by atoms with Crippen LogP contribution in [0.4, 0.5) is 12.9 Å². The molecule has 17 heavy (non-hydrogen) atoms. The Labute approximate surface area is 104 Å². The molecule has 0 N–H and O–H groups in total. The molecule has 1 rings (SSSR count). The summed E-state index contributed by atoms with van der Waals surface area (Å²) in [7, 11) is 1.61. The Kier molecular flexibility index (Phi) is 4.66. The van der Waals surface area contributed by atoms with Crippen LogP contribution in [0, 0.1) is 0 Å². The predicted octanol–water partition coefficient (Wildman–Crippen LogP) is 3.71.